The lowest BCUT2D eigenvalue weighted by Gasteiger charge is -2.28. The maximum Gasteiger partial charge on any atom is 0.508 e. The van der Waals surface area contributed by atoms with Crippen molar-refractivity contribution in [3.05, 3.63) is 24.0 Å². The molecular formula is C9H12O5. The zero-order chi connectivity index (χ0) is 10.6. The fraction of sp³-hybridized carbons (Fsp3) is 0.444. The van der Waals surface area contributed by atoms with E-state index in [1.807, 2.05) is 0 Å². The average molecular weight is 200 g/mol. The summed E-state index contributed by atoms with van der Waals surface area (Å²) in [6, 6.07) is 0. The van der Waals surface area contributed by atoms with Crippen molar-refractivity contribution >= 4 is 6.16 Å². The highest BCUT2D eigenvalue weighted by atomic mass is 16.8. The van der Waals surface area contributed by atoms with Crippen LogP contribution in [0.5, 0.6) is 0 Å². The fourth-order valence-electron chi connectivity index (χ4n) is 1.16. The van der Waals surface area contributed by atoms with Gasteiger partial charge in [-0.3, -0.25) is 0 Å². The van der Waals surface area contributed by atoms with Crippen LogP contribution in [-0.2, 0) is 14.2 Å². The number of carboxylic acid groups (broad SMARTS) is 1. The lowest BCUT2D eigenvalue weighted by atomic mass is 10.1. The molecule has 1 N–H and O–H groups in total. The summed E-state index contributed by atoms with van der Waals surface area (Å²) >= 11 is 0. The Labute approximate surface area is 81.6 Å². The van der Waals surface area contributed by atoms with Crippen molar-refractivity contribution in [2.45, 2.75) is 12.2 Å². The van der Waals surface area contributed by atoms with E-state index < -0.39 is 11.9 Å². The van der Waals surface area contributed by atoms with E-state index in [0.29, 0.717) is 12.2 Å². The lowest BCUT2D eigenvalue weighted by Crippen LogP contribution is -2.35. The largest absolute Gasteiger partial charge is 0.508 e. The van der Waals surface area contributed by atoms with Crippen molar-refractivity contribution < 1.29 is 24.1 Å². The first-order valence-electron chi connectivity index (χ1n) is 4.02. The van der Waals surface area contributed by atoms with Gasteiger partial charge in [-0.05, 0) is 18.2 Å². The number of methoxy groups -OCH3 is 2. The quantitative estimate of drug-likeness (QED) is 0.552. The molecule has 14 heavy (non-hydrogen) atoms. The second-order valence-electron chi connectivity index (χ2n) is 2.73. The Morgan fingerprint density at radius 2 is 2.29 bits per heavy atom. The van der Waals surface area contributed by atoms with Crippen molar-refractivity contribution in [2.24, 2.45) is 0 Å². The van der Waals surface area contributed by atoms with Gasteiger partial charge in [-0.2, -0.15) is 0 Å². The molecule has 1 atom stereocenters. The minimum absolute atomic E-state index is 0.301. The van der Waals surface area contributed by atoms with Crippen molar-refractivity contribution in [1.29, 1.82) is 0 Å². The van der Waals surface area contributed by atoms with Crippen LogP contribution in [0.2, 0.25) is 0 Å². The Balaban J connectivity index is 2.72. The molecule has 0 aromatic heterocycles. The summed E-state index contributed by atoms with van der Waals surface area (Å²) in [6.07, 6.45) is 3.75. The second kappa shape index (κ2) is 4.15. The number of ether oxygens (including phenoxy) is 3. The third kappa shape index (κ3) is 2.26. The van der Waals surface area contributed by atoms with Gasteiger partial charge in [0.05, 0.1) is 7.11 Å². The summed E-state index contributed by atoms with van der Waals surface area (Å²) in [4.78, 5) is 10.4. The predicted octanol–water partition coefficient (Wildman–Crippen LogP) is 1.51. The molecule has 0 saturated heterocycles. The van der Waals surface area contributed by atoms with Crippen LogP contribution in [0.15, 0.2) is 24.0 Å². The van der Waals surface area contributed by atoms with E-state index >= 15 is 0 Å². The fourth-order valence-corrected chi connectivity index (χ4v) is 1.16. The highest BCUT2D eigenvalue weighted by Gasteiger charge is 2.32. The van der Waals surface area contributed by atoms with E-state index in [1.165, 1.54) is 20.3 Å². The van der Waals surface area contributed by atoms with Gasteiger partial charge in [-0.25, -0.2) is 4.79 Å². The third-order valence-electron chi connectivity index (χ3n) is 1.93. The molecule has 0 bridgehead atoms. The van der Waals surface area contributed by atoms with Crippen LogP contribution in [-0.4, -0.2) is 31.3 Å². The summed E-state index contributed by atoms with van der Waals surface area (Å²) in [5, 5.41) is 8.50. The number of hydrogen-bond donors (Lipinski definition) is 1. The standard InChI is InChI=1S/C9H12O5/c1-12-7-3-5-9(13-2,6-4-7)14-8(10)11/h3-5H,6H2,1-2H3,(H,10,11). The van der Waals surface area contributed by atoms with Gasteiger partial charge in [0.15, 0.2) is 0 Å². The summed E-state index contributed by atoms with van der Waals surface area (Å²) in [5.41, 5.74) is 0. The van der Waals surface area contributed by atoms with Crippen LogP contribution >= 0.6 is 0 Å². The Hall–Kier alpha value is -1.49. The van der Waals surface area contributed by atoms with E-state index in [2.05, 4.69) is 4.74 Å². The molecule has 1 unspecified atom stereocenters. The first-order chi connectivity index (χ1) is 6.62. The maximum atomic E-state index is 10.4. The molecule has 0 aliphatic heterocycles. The normalized spacial score (nSPS) is 25.4. The van der Waals surface area contributed by atoms with Crippen LogP contribution in [0.25, 0.3) is 0 Å². The Kier molecular flexibility index (Phi) is 3.14. The van der Waals surface area contributed by atoms with E-state index in [-0.39, 0.29) is 0 Å². The van der Waals surface area contributed by atoms with Gasteiger partial charge >= 0.3 is 6.16 Å². The van der Waals surface area contributed by atoms with Crippen LogP contribution in [0.3, 0.4) is 0 Å². The molecular weight excluding hydrogens is 188 g/mol. The summed E-state index contributed by atoms with van der Waals surface area (Å²) in [5.74, 6) is -0.555. The van der Waals surface area contributed by atoms with Crippen molar-refractivity contribution in [3.8, 4) is 0 Å². The first kappa shape index (κ1) is 10.6. The van der Waals surface area contributed by atoms with E-state index in [9.17, 15) is 4.79 Å². The maximum absolute atomic E-state index is 10.4. The molecule has 0 fully saturated rings. The van der Waals surface area contributed by atoms with Gasteiger partial charge in [0.1, 0.15) is 5.76 Å². The van der Waals surface area contributed by atoms with Crippen molar-refractivity contribution in [2.75, 3.05) is 14.2 Å². The predicted molar refractivity (Wildman–Crippen MR) is 47.7 cm³/mol. The topological polar surface area (TPSA) is 65.0 Å². The zero-order valence-electron chi connectivity index (χ0n) is 8.02. The molecule has 0 aromatic rings. The van der Waals surface area contributed by atoms with Crippen molar-refractivity contribution in [3.63, 3.8) is 0 Å². The van der Waals surface area contributed by atoms with E-state index in [1.54, 1.807) is 12.2 Å². The lowest BCUT2D eigenvalue weighted by molar-refractivity contribution is -0.157. The molecule has 1 aliphatic rings. The molecule has 1 rings (SSSR count). The van der Waals surface area contributed by atoms with Crippen LogP contribution in [0.1, 0.15) is 6.42 Å². The number of carbonyl (C=O) groups is 1. The SMILES string of the molecule is COC1=CCC(OC)(OC(=O)O)C=C1. The second-order valence-corrected chi connectivity index (χ2v) is 2.73. The molecule has 0 saturated carbocycles. The van der Waals surface area contributed by atoms with Gasteiger partial charge in [0, 0.05) is 13.5 Å². The van der Waals surface area contributed by atoms with Crippen LogP contribution in [0.4, 0.5) is 4.79 Å². The van der Waals surface area contributed by atoms with Gasteiger partial charge < -0.3 is 19.3 Å². The third-order valence-corrected chi connectivity index (χ3v) is 1.93. The number of allylic oxidation sites excluding steroid dienone is 1. The zero-order valence-corrected chi connectivity index (χ0v) is 8.02. The van der Waals surface area contributed by atoms with E-state index in [0.717, 1.165) is 0 Å². The molecule has 0 aromatic carbocycles. The Bertz CT molecular complexity index is 281. The molecule has 0 spiro atoms. The molecule has 0 heterocycles. The summed E-state index contributed by atoms with van der Waals surface area (Å²) in [7, 11) is 2.92. The number of rotatable bonds is 3. The van der Waals surface area contributed by atoms with Crippen LogP contribution in [0, 0.1) is 0 Å². The smallest absolute Gasteiger partial charge is 0.497 e. The summed E-state index contributed by atoms with van der Waals surface area (Å²) < 4.78 is 14.6. The number of hydrogen-bond acceptors (Lipinski definition) is 4. The highest BCUT2D eigenvalue weighted by Crippen LogP contribution is 2.26. The van der Waals surface area contributed by atoms with Gasteiger partial charge in [0.25, 0.3) is 0 Å². The average Bonchev–Trinajstić information content (AvgIpc) is 2.18. The Morgan fingerprint density at radius 3 is 2.64 bits per heavy atom. The first-order valence-corrected chi connectivity index (χ1v) is 4.02. The highest BCUT2D eigenvalue weighted by molar-refractivity contribution is 5.58. The summed E-state index contributed by atoms with van der Waals surface area (Å²) in [6.45, 7) is 0. The molecule has 0 radical (unpaired) electrons. The molecule has 5 heteroatoms. The van der Waals surface area contributed by atoms with Crippen LogP contribution < -0.4 is 0 Å². The van der Waals surface area contributed by atoms with Gasteiger partial charge in [0.2, 0.25) is 5.79 Å². The van der Waals surface area contributed by atoms with Crippen molar-refractivity contribution in [1.82, 2.24) is 0 Å². The minimum Gasteiger partial charge on any atom is -0.497 e. The van der Waals surface area contributed by atoms with Gasteiger partial charge in [-0.15, -0.1) is 0 Å². The molecule has 0 amide bonds. The Morgan fingerprint density at radius 1 is 1.57 bits per heavy atom. The van der Waals surface area contributed by atoms with E-state index in [4.69, 9.17) is 14.6 Å². The van der Waals surface area contributed by atoms with Gasteiger partial charge in [-0.1, -0.05) is 0 Å². The monoisotopic (exact) mass is 200 g/mol. The minimum atomic E-state index is -1.37. The molecule has 5 nitrogen and oxygen atoms in total. The molecule has 1 aliphatic carbocycles. The molecule has 78 valence electrons.